The lowest BCUT2D eigenvalue weighted by molar-refractivity contribution is -0.118. The summed E-state index contributed by atoms with van der Waals surface area (Å²) in [4.78, 5) is 18.6. The fourth-order valence-electron chi connectivity index (χ4n) is 3.33. The molecular weight excluding hydrogens is 388 g/mol. The maximum Gasteiger partial charge on any atom is 0.257 e. The molecule has 28 heavy (non-hydrogen) atoms. The maximum atomic E-state index is 14.2. The van der Waals surface area contributed by atoms with E-state index in [1.165, 1.54) is 29.2 Å². The van der Waals surface area contributed by atoms with Gasteiger partial charge in [-0.2, -0.15) is 4.98 Å². The quantitative estimate of drug-likeness (QED) is 0.619. The molecule has 8 heteroatoms. The van der Waals surface area contributed by atoms with Crippen molar-refractivity contribution in [1.82, 2.24) is 10.1 Å². The summed E-state index contributed by atoms with van der Waals surface area (Å²) in [5.74, 6) is -0.633. The maximum absolute atomic E-state index is 14.2. The standard InChI is InChI=1S/C20H16ClF2N3O2/c21-14-5-8-17(16(23)11-14)26-9-1-2-13(10-18(26)27)19-24-20(28-25-19)12-3-6-15(22)7-4-12/h3-8,11,13H,1-2,9-10H2. The molecule has 2 aromatic carbocycles. The second-order valence-electron chi connectivity index (χ2n) is 6.65. The third-order valence-electron chi connectivity index (χ3n) is 4.75. The predicted molar refractivity (Wildman–Crippen MR) is 100 cm³/mol. The SMILES string of the molecule is O=C1CC(c2noc(-c3ccc(F)cc3)n2)CCCN1c1ccc(Cl)cc1F. The third-order valence-corrected chi connectivity index (χ3v) is 4.99. The van der Waals surface area contributed by atoms with E-state index in [-0.39, 0.29) is 40.7 Å². The van der Waals surface area contributed by atoms with Gasteiger partial charge in [0.15, 0.2) is 5.82 Å². The smallest absolute Gasteiger partial charge is 0.257 e. The van der Waals surface area contributed by atoms with Gasteiger partial charge in [-0.3, -0.25) is 4.79 Å². The number of halogens is 3. The van der Waals surface area contributed by atoms with Gasteiger partial charge in [0.2, 0.25) is 5.91 Å². The van der Waals surface area contributed by atoms with Crippen molar-refractivity contribution in [2.75, 3.05) is 11.4 Å². The zero-order valence-electron chi connectivity index (χ0n) is 14.7. The van der Waals surface area contributed by atoms with Crippen LogP contribution in [-0.4, -0.2) is 22.6 Å². The number of anilines is 1. The third kappa shape index (κ3) is 3.75. The van der Waals surface area contributed by atoms with Gasteiger partial charge in [-0.25, -0.2) is 8.78 Å². The second kappa shape index (κ2) is 7.67. The van der Waals surface area contributed by atoms with Crippen LogP contribution in [0, 0.1) is 11.6 Å². The van der Waals surface area contributed by atoms with E-state index < -0.39 is 5.82 Å². The Balaban J connectivity index is 1.53. The molecule has 1 atom stereocenters. The summed E-state index contributed by atoms with van der Waals surface area (Å²) in [7, 11) is 0. The van der Waals surface area contributed by atoms with E-state index in [9.17, 15) is 13.6 Å². The van der Waals surface area contributed by atoms with Crippen LogP contribution in [0.2, 0.25) is 5.02 Å². The fourth-order valence-corrected chi connectivity index (χ4v) is 3.49. The number of carbonyl (C=O) groups is 1. The molecule has 1 unspecified atom stereocenters. The van der Waals surface area contributed by atoms with Crippen LogP contribution < -0.4 is 4.90 Å². The summed E-state index contributed by atoms with van der Waals surface area (Å²) in [5.41, 5.74) is 0.820. The molecule has 1 aliphatic heterocycles. The Morgan fingerprint density at radius 3 is 2.68 bits per heavy atom. The van der Waals surface area contributed by atoms with Crippen molar-refractivity contribution in [3.8, 4) is 11.5 Å². The topological polar surface area (TPSA) is 59.2 Å². The summed E-state index contributed by atoms with van der Waals surface area (Å²) >= 11 is 5.80. The minimum Gasteiger partial charge on any atom is -0.334 e. The molecule has 144 valence electrons. The summed E-state index contributed by atoms with van der Waals surface area (Å²) in [5, 5.41) is 4.28. The molecule has 0 aliphatic carbocycles. The van der Waals surface area contributed by atoms with E-state index in [4.69, 9.17) is 16.1 Å². The van der Waals surface area contributed by atoms with Gasteiger partial charge in [0.05, 0.1) is 5.69 Å². The van der Waals surface area contributed by atoms with Crippen molar-refractivity contribution in [2.45, 2.75) is 25.2 Å². The largest absolute Gasteiger partial charge is 0.334 e. The van der Waals surface area contributed by atoms with E-state index in [1.807, 2.05) is 0 Å². The zero-order valence-corrected chi connectivity index (χ0v) is 15.5. The minimum atomic E-state index is -0.530. The van der Waals surface area contributed by atoms with Crippen LogP contribution >= 0.6 is 11.6 Å². The van der Waals surface area contributed by atoms with Crippen molar-refractivity contribution in [3.05, 3.63) is 64.9 Å². The van der Waals surface area contributed by atoms with Crippen LogP contribution in [0.25, 0.3) is 11.5 Å². The Labute approximate surface area is 164 Å². The Morgan fingerprint density at radius 2 is 1.93 bits per heavy atom. The number of rotatable bonds is 3. The molecule has 1 saturated heterocycles. The lowest BCUT2D eigenvalue weighted by Gasteiger charge is -2.21. The molecule has 0 N–H and O–H groups in total. The van der Waals surface area contributed by atoms with Crippen molar-refractivity contribution in [3.63, 3.8) is 0 Å². The van der Waals surface area contributed by atoms with Crippen molar-refractivity contribution in [1.29, 1.82) is 0 Å². The molecule has 4 rings (SSSR count). The van der Waals surface area contributed by atoms with Gasteiger partial charge in [0.1, 0.15) is 11.6 Å². The van der Waals surface area contributed by atoms with E-state index in [1.54, 1.807) is 18.2 Å². The van der Waals surface area contributed by atoms with Crippen LogP contribution in [-0.2, 0) is 4.79 Å². The molecule has 0 spiro atoms. The lowest BCUT2D eigenvalue weighted by Crippen LogP contribution is -2.31. The first-order chi connectivity index (χ1) is 13.5. The van der Waals surface area contributed by atoms with Crippen molar-refractivity contribution in [2.24, 2.45) is 0 Å². The van der Waals surface area contributed by atoms with Gasteiger partial charge in [-0.05, 0) is 55.3 Å². The zero-order chi connectivity index (χ0) is 19.7. The van der Waals surface area contributed by atoms with Gasteiger partial charge < -0.3 is 9.42 Å². The van der Waals surface area contributed by atoms with E-state index in [2.05, 4.69) is 10.1 Å². The van der Waals surface area contributed by atoms with Crippen LogP contribution in [0.4, 0.5) is 14.5 Å². The molecule has 5 nitrogen and oxygen atoms in total. The van der Waals surface area contributed by atoms with Crippen LogP contribution in [0.5, 0.6) is 0 Å². The molecule has 0 bridgehead atoms. The highest BCUT2D eigenvalue weighted by molar-refractivity contribution is 6.30. The van der Waals surface area contributed by atoms with Gasteiger partial charge in [0, 0.05) is 29.5 Å². The Bertz CT molecular complexity index is 1010. The monoisotopic (exact) mass is 403 g/mol. The lowest BCUT2D eigenvalue weighted by atomic mass is 10.00. The fraction of sp³-hybridized carbons (Fsp3) is 0.250. The first-order valence-electron chi connectivity index (χ1n) is 8.86. The molecule has 3 aromatic rings. The molecular formula is C20H16ClF2N3O2. The first kappa shape index (κ1) is 18.6. The average Bonchev–Trinajstić information content (AvgIpc) is 3.08. The van der Waals surface area contributed by atoms with Crippen molar-refractivity contribution >= 4 is 23.2 Å². The molecule has 0 radical (unpaired) electrons. The number of carbonyl (C=O) groups excluding carboxylic acids is 1. The summed E-state index contributed by atoms with van der Waals surface area (Å²) in [6.07, 6.45) is 1.48. The molecule has 1 amide bonds. The minimum absolute atomic E-state index is 0.143. The molecule has 1 aromatic heterocycles. The molecule has 2 heterocycles. The van der Waals surface area contributed by atoms with E-state index >= 15 is 0 Å². The Kier molecular flexibility index (Phi) is 5.09. The average molecular weight is 404 g/mol. The van der Waals surface area contributed by atoms with Gasteiger partial charge in [-0.1, -0.05) is 16.8 Å². The Hall–Kier alpha value is -2.80. The number of nitrogens with zero attached hydrogens (tertiary/aromatic N) is 3. The highest BCUT2D eigenvalue weighted by Gasteiger charge is 2.29. The molecule has 0 saturated carbocycles. The first-order valence-corrected chi connectivity index (χ1v) is 9.24. The van der Waals surface area contributed by atoms with E-state index in [0.29, 0.717) is 30.8 Å². The number of aromatic nitrogens is 2. The normalized spacial score (nSPS) is 17.6. The van der Waals surface area contributed by atoms with E-state index in [0.717, 1.165) is 0 Å². The molecule has 1 fully saturated rings. The summed E-state index contributed by atoms with van der Waals surface area (Å²) in [6.45, 7) is 0.399. The highest BCUT2D eigenvalue weighted by Crippen LogP contribution is 2.32. The van der Waals surface area contributed by atoms with Crippen LogP contribution in [0.15, 0.2) is 47.0 Å². The molecule has 1 aliphatic rings. The van der Waals surface area contributed by atoms with Crippen molar-refractivity contribution < 1.29 is 18.1 Å². The number of hydrogen-bond acceptors (Lipinski definition) is 4. The highest BCUT2D eigenvalue weighted by atomic mass is 35.5. The second-order valence-corrected chi connectivity index (χ2v) is 7.09. The van der Waals surface area contributed by atoms with Gasteiger partial charge in [0.25, 0.3) is 5.89 Å². The number of hydrogen-bond donors (Lipinski definition) is 0. The predicted octanol–water partition coefficient (Wildman–Crippen LogP) is 4.97. The summed E-state index contributed by atoms with van der Waals surface area (Å²) in [6, 6.07) is 9.99. The summed E-state index contributed by atoms with van der Waals surface area (Å²) < 4.78 is 32.6. The number of amides is 1. The van der Waals surface area contributed by atoms with Crippen LogP contribution in [0.1, 0.15) is 31.0 Å². The van der Waals surface area contributed by atoms with Gasteiger partial charge in [-0.15, -0.1) is 0 Å². The van der Waals surface area contributed by atoms with Gasteiger partial charge >= 0.3 is 0 Å². The number of benzene rings is 2. The Morgan fingerprint density at radius 1 is 1.14 bits per heavy atom. The van der Waals surface area contributed by atoms with Crippen LogP contribution in [0.3, 0.4) is 0 Å².